The van der Waals surface area contributed by atoms with Crippen molar-refractivity contribution in [3.8, 4) is 22.8 Å². The van der Waals surface area contributed by atoms with Crippen LogP contribution in [0.15, 0.2) is 30.3 Å². The third-order valence-corrected chi connectivity index (χ3v) is 2.98. The standard InChI is InChI=1S/C14H15N3O4/c1-15-12-8-7-10(17(18)19)13(16-12)9-5-4-6-11(20-2)14(9)21-3/h4-8H,1-3H3,(H,15,16). The molecule has 0 radical (unpaired) electrons. The Bertz CT molecular complexity index is 673. The van der Waals surface area contributed by atoms with E-state index >= 15 is 0 Å². The third-order valence-electron chi connectivity index (χ3n) is 2.98. The number of ether oxygens (including phenoxy) is 2. The summed E-state index contributed by atoms with van der Waals surface area (Å²) in [5.41, 5.74) is 0.629. The van der Waals surface area contributed by atoms with E-state index in [0.29, 0.717) is 22.9 Å². The van der Waals surface area contributed by atoms with Crippen LogP contribution in [0.2, 0.25) is 0 Å². The van der Waals surface area contributed by atoms with Crippen molar-refractivity contribution in [3.63, 3.8) is 0 Å². The maximum Gasteiger partial charge on any atom is 0.295 e. The summed E-state index contributed by atoms with van der Waals surface area (Å²) < 4.78 is 10.5. The number of rotatable bonds is 5. The average molecular weight is 289 g/mol. The van der Waals surface area contributed by atoms with Crippen molar-refractivity contribution >= 4 is 11.5 Å². The van der Waals surface area contributed by atoms with Crippen molar-refractivity contribution < 1.29 is 14.4 Å². The van der Waals surface area contributed by atoms with Crippen LogP contribution in [0.1, 0.15) is 0 Å². The van der Waals surface area contributed by atoms with Crippen molar-refractivity contribution in [2.75, 3.05) is 26.6 Å². The minimum atomic E-state index is -0.472. The van der Waals surface area contributed by atoms with E-state index < -0.39 is 4.92 Å². The number of nitro groups is 1. The van der Waals surface area contributed by atoms with Crippen molar-refractivity contribution in [2.45, 2.75) is 0 Å². The summed E-state index contributed by atoms with van der Waals surface area (Å²) in [6.07, 6.45) is 0. The van der Waals surface area contributed by atoms with Crippen LogP contribution in [0, 0.1) is 10.1 Å². The van der Waals surface area contributed by atoms with Gasteiger partial charge in [-0.05, 0) is 18.2 Å². The second kappa shape index (κ2) is 6.08. The molecule has 0 saturated heterocycles. The normalized spacial score (nSPS) is 10.0. The molecule has 0 aliphatic carbocycles. The molecule has 0 aliphatic heterocycles. The van der Waals surface area contributed by atoms with Crippen molar-refractivity contribution in [2.24, 2.45) is 0 Å². The van der Waals surface area contributed by atoms with Crippen LogP contribution in [-0.4, -0.2) is 31.2 Å². The van der Waals surface area contributed by atoms with Crippen LogP contribution in [-0.2, 0) is 0 Å². The van der Waals surface area contributed by atoms with Gasteiger partial charge in [0, 0.05) is 13.1 Å². The molecule has 1 N–H and O–H groups in total. The predicted octanol–water partition coefficient (Wildman–Crippen LogP) is 2.72. The molecular formula is C14H15N3O4. The Morgan fingerprint density at radius 1 is 1.19 bits per heavy atom. The van der Waals surface area contributed by atoms with E-state index in [0.717, 1.165) is 0 Å². The van der Waals surface area contributed by atoms with Crippen LogP contribution in [0.3, 0.4) is 0 Å². The van der Waals surface area contributed by atoms with Gasteiger partial charge in [-0.25, -0.2) is 4.98 Å². The summed E-state index contributed by atoms with van der Waals surface area (Å²) in [6, 6.07) is 8.11. The quantitative estimate of drug-likeness (QED) is 0.672. The van der Waals surface area contributed by atoms with E-state index in [1.54, 1.807) is 31.3 Å². The van der Waals surface area contributed by atoms with E-state index in [4.69, 9.17) is 9.47 Å². The Morgan fingerprint density at radius 3 is 2.52 bits per heavy atom. The monoisotopic (exact) mass is 289 g/mol. The van der Waals surface area contributed by atoms with Gasteiger partial charge < -0.3 is 14.8 Å². The van der Waals surface area contributed by atoms with Crippen LogP contribution in [0.25, 0.3) is 11.3 Å². The van der Waals surface area contributed by atoms with Gasteiger partial charge in [0.2, 0.25) is 0 Å². The molecule has 110 valence electrons. The number of hydrogen-bond donors (Lipinski definition) is 1. The first kappa shape index (κ1) is 14.6. The molecule has 0 amide bonds. The first-order valence-corrected chi connectivity index (χ1v) is 6.17. The molecule has 21 heavy (non-hydrogen) atoms. The minimum absolute atomic E-state index is 0.0967. The lowest BCUT2D eigenvalue weighted by molar-refractivity contribution is -0.384. The molecule has 1 aromatic carbocycles. The van der Waals surface area contributed by atoms with Gasteiger partial charge in [-0.15, -0.1) is 0 Å². The number of benzene rings is 1. The molecule has 7 heteroatoms. The molecule has 7 nitrogen and oxygen atoms in total. The molecular weight excluding hydrogens is 274 g/mol. The first-order valence-electron chi connectivity index (χ1n) is 6.17. The maximum atomic E-state index is 11.2. The molecule has 2 rings (SSSR count). The van der Waals surface area contributed by atoms with E-state index in [1.165, 1.54) is 20.3 Å². The van der Waals surface area contributed by atoms with E-state index in [9.17, 15) is 10.1 Å². The molecule has 2 aromatic rings. The van der Waals surface area contributed by atoms with Gasteiger partial charge >= 0.3 is 0 Å². The number of anilines is 1. The fourth-order valence-electron chi connectivity index (χ4n) is 2.01. The van der Waals surface area contributed by atoms with Crippen LogP contribution >= 0.6 is 0 Å². The Hall–Kier alpha value is -2.83. The molecule has 0 bridgehead atoms. The highest BCUT2D eigenvalue weighted by molar-refractivity contribution is 5.78. The number of methoxy groups -OCH3 is 2. The Balaban J connectivity index is 2.73. The summed E-state index contributed by atoms with van der Waals surface area (Å²) in [5.74, 6) is 1.42. The number of para-hydroxylation sites is 1. The number of nitrogens with one attached hydrogen (secondary N) is 1. The summed E-state index contributed by atoms with van der Waals surface area (Å²) in [4.78, 5) is 15.0. The van der Waals surface area contributed by atoms with Gasteiger partial charge in [-0.2, -0.15) is 0 Å². The topological polar surface area (TPSA) is 86.5 Å². The Kier molecular flexibility index (Phi) is 4.22. The fraction of sp³-hybridized carbons (Fsp3) is 0.214. The molecule has 0 unspecified atom stereocenters. The Morgan fingerprint density at radius 2 is 1.95 bits per heavy atom. The zero-order valence-corrected chi connectivity index (χ0v) is 11.9. The maximum absolute atomic E-state index is 11.2. The molecule has 0 fully saturated rings. The van der Waals surface area contributed by atoms with E-state index in [1.807, 2.05) is 0 Å². The van der Waals surface area contributed by atoms with Crippen molar-refractivity contribution in [1.29, 1.82) is 0 Å². The number of nitrogens with zero attached hydrogens (tertiary/aromatic N) is 2. The molecule has 0 saturated carbocycles. The SMILES string of the molecule is CNc1ccc([N+](=O)[O-])c(-c2cccc(OC)c2OC)n1. The van der Waals surface area contributed by atoms with Crippen molar-refractivity contribution in [3.05, 3.63) is 40.4 Å². The zero-order chi connectivity index (χ0) is 15.4. The lowest BCUT2D eigenvalue weighted by Crippen LogP contribution is -2.01. The molecule has 0 spiro atoms. The van der Waals surface area contributed by atoms with E-state index in [-0.39, 0.29) is 11.4 Å². The first-order chi connectivity index (χ1) is 10.1. The van der Waals surface area contributed by atoms with Gasteiger partial charge in [0.1, 0.15) is 5.82 Å². The molecule has 1 aromatic heterocycles. The van der Waals surface area contributed by atoms with Gasteiger partial charge in [0.25, 0.3) is 5.69 Å². The van der Waals surface area contributed by atoms with E-state index in [2.05, 4.69) is 10.3 Å². The third kappa shape index (κ3) is 2.71. The van der Waals surface area contributed by atoms with Crippen molar-refractivity contribution in [1.82, 2.24) is 4.98 Å². The second-order valence-electron chi connectivity index (χ2n) is 4.11. The van der Waals surface area contributed by atoms with Gasteiger partial charge in [0.15, 0.2) is 17.2 Å². The molecule has 1 heterocycles. The molecule has 0 atom stereocenters. The number of pyridine rings is 1. The summed E-state index contributed by atoms with van der Waals surface area (Å²) in [7, 11) is 4.68. The number of aromatic nitrogens is 1. The fourth-order valence-corrected chi connectivity index (χ4v) is 2.01. The lowest BCUT2D eigenvalue weighted by atomic mass is 10.1. The summed E-state index contributed by atoms with van der Waals surface area (Å²) >= 11 is 0. The summed E-state index contributed by atoms with van der Waals surface area (Å²) in [6.45, 7) is 0. The lowest BCUT2D eigenvalue weighted by Gasteiger charge is -2.12. The van der Waals surface area contributed by atoms with Gasteiger partial charge in [-0.1, -0.05) is 6.07 Å². The minimum Gasteiger partial charge on any atom is -0.493 e. The smallest absolute Gasteiger partial charge is 0.295 e. The second-order valence-corrected chi connectivity index (χ2v) is 4.11. The average Bonchev–Trinajstić information content (AvgIpc) is 2.53. The number of hydrogen-bond acceptors (Lipinski definition) is 6. The Labute approximate surface area is 121 Å². The van der Waals surface area contributed by atoms with Crippen LogP contribution in [0.4, 0.5) is 11.5 Å². The summed E-state index contributed by atoms with van der Waals surface area (Å²) in [5, 5.41) is 14.1. The largest absolute Gasteiger partial charge is 0.493 e. The highest BCUT2D eigenvalue weighted by Gasteiger charge is 2.22. The van der Waals surface area contributed by atoms with Crippen LogP contribution < -0.4 is 14.8 Å². The highest BCUT2D eigenvalue weighted by Crippen LogP contribution is 2.40. The predicted molar refractivity (Wildman–Crippen MR) is 79.0 cm³/mol. The van der Waals surface area contributed by atoms with Gasteiger partial charge in [0.05, 0.1) is 24.7 Å². The van der Waals surface area contributed by atoms with Crippen LogP contribution in [0.5, 0.6) is 11.5 Å². The highest BCUT2D eigenvalue weighted by atomic mass is 16.6. The zero-order valence-electron chi connectivity index (χ0n) is 11.9. The molecule has 0 aliphatic rings. The van der Waals surface area contributed by atoms with Gasteiger partial charge in [-0.3, -0.25) is 10.1 Å².